The lowest BCUT2D eigenvalue weighted by molar-refractivity contribution is -0.122. The summed E-state index contributed by atoms with van der Waals surface area (Å²) in [6.45, 7) is 9.66. The zero-order chi connectivity index (χ0) is 19.8. The molecule has 0 fully saturated rings. The van der Waals surface area contributed by atoms with Crippen molar-refractivity contribution in [2.24, 2.45) is 0 Å². The van der Waals surface area contributed by atoms with E-state index < -0.39 is 5.54 Å². The number of aryl methyl sites for hydroxylation is 3. The van der Waals surface area contributed by atoms with Crippen LogP contribution in [0.5, 0.6) is 0 Å². The van der Waals surface area contributed by atoms with Crippen LogP contribution in [-0.2, 0) is 11.2 Å². The Balaban J connectivity index is 2.10. The summed E-state index contributed by atoms with van der Waals surface area (Å²) in [6, 6.07) is 10.2. The molecule has 2 N–H and O–H groups in total. The van der Waals surface area contributed by atoms with Crippen molar-refractivity contribution < 1.29 is 9.90 Å². The van der Waals surface area contributed by atoms with E-state index >= 15 is 0 Å². The minimum atomic E-state index is -0.659. The van der Waals surface area contributed by atoms with Gasteiger partial charge in [0.15, 0.2) is 0 Å². The van der Waals surface area contributed by atoms with Gasteiger partial charge < -0.3 is 14.8 Å². The Morgan fingerprint density at radius 3 is 2.56 bits per heavy atom. The summed E-state index contributed by atoms with van der Waals surface area (Å²) >= 11 is 0. The van der Waals surface area contributed by atoms with Crippen LogP contribution in [0.25, 0.3) is 16.9 Å². The normalized spacial score (nSPS) is 11.8. The molecule has 0 aliphatic carbocycles. The molecule has 1 amide bonds. The number of rotatable bonds is 5. The van der Waals surface area contributed by atoms with E-state index in [4.69, 9.17) is 4.98 Å². The number of aromatic nitrogens is 2. The zero-order valence-electron chi connectivity index (χ0n) is 16.6. The summed E-state index contributed by atoms with van der Waals surface area (Å²) in [4.78, 5) is 17.5. The molecule has 0 atom stereocenters. The number of carbonyl (C=O) groups is 1. The van der Waals surface area contributed by atoms with Gasteiger partial charge >= 0.3 is 0 Å². The zero-order valence-corrected chi connectivity index (χ0v) is 16.6. The summed E-state index contributed by atoms with van der Waals surface area (Å²) in [7, 11) is 0. The van der Waals surface area contributed by atoms with Crippen LogP contribution in [0.1, 0.15) is 36.2 Å². The molecule has 0 bridgehead atoms. The van der Waals surface area contributed by atoms with Gasteiger partial charge in [-0.2, -0.15) is 0 Å². The number of aliphatic hydroxyl groups is 1. The fourth-order valence-electron chi connectivity index (χ4n) is 3.15. The van der Waals surface area contributed by atoms with Crippen LogP contribution < -0.4 is 5.32 Å². The Kier molecular flexibility index (Phi) is 5.07. The molecule has 27 heavy (non-hydrogen) atoms. The van der Waals surface area contributed by atoms with E-state index in [0.717, 1.165) is 28.2 Å². The Labute approximate surface area is 160 Å². The van der Waals surface area contributed by atoms with E-state index in [2.05, 4.69) is 37.4 Å². The van der Waals surface area contributed by atoms with Gasteiger partial charge in [-0.3, -0.25) is 4.79 Å². The Bertz CT molecular complexity index is 1000. The number of pyridine rings is 1. The number of carbonyl (C=O) groups excluding carboxylic acids is 1. The van der Waals surface area contributed by atoms with Gasteiger partial charge in [0, 0.05) is 11.8 Å². The first-order chi connectivity index (χ1) is 12.7. The van der Waals surface area contributed by atoms with Crippen molar-refractivity contribution in [3.05, 3.63) is 58.9 Å². The SMILES string of the molecule is Cc1ccc(-c2nc3c(C)cccn3c2CC(=O)NC(C)(C)CO)cc1C. The molecule has 142 valence electrons. The van der Waals surface area contributed by atoms with Gasteiger partial charge in [0.05, 0.1) is 30.0 Å². The van der Waals surface area contributed by atoms with Crippen molar-refractivity contribution in [3.63, 3.8) is 0 Å². The second-order valence-electron chi connectivity index (χ2n) is 7.86. The topological polar surface area (TPSA) is 66.6 Å². The van der Waals surface area contributed by atoms with Gasteiger partial charge in [-0.25, -0.2) is 4.98 Å². The van der Waals surface area contributed by atoms with Gasteiger partial charge in [-0.15, -0.1) is 0 Å². The molecule has 2 heterocycles. The minimum absolute atomic E-state index is 0.116. The fourth-order valence-corrected chi connectivity index (χ4v) is 3.15. The van der Waals surface area contributed by atoms with Crippen LogP contribution >= 0.6 is 0 Å². The maximum Gasteiger partial charge on any atom is 0.226 e. The number of fused-ring (bicyclic) bond motifs is 1. The number of amides is 1. The second kappa shape index (κ2) is 7.16. The largest absolute Gasteiger partial charge is 0.394 e. The predicted molar refractivity (Wildman–Crippen MR) is 108 cm³/mol. The number of hydrogen-bond donors (Lipinski definition) is 2. The summed E-state index contributed by atoms with van der Waals surface area (Å²) in [6.07, 6.45) is 2.13. The third kappa shape index (κ3) is 3.88. The lowest BCUT2D eigenvalue weighted by Crippen LogP contribution is -2.47. The van der Waals surface area contributed by atoms with Crippen LogP contribution in [0.4, 0.5) is 0 Å². The molecule has 1 aromatic carbocycles. The van der Waals surface area contributed by atoms with E-state index in [1.54, 1.807) is 13.8 Å². The van der Waals surface area contributed by atoms with Crippen molar-refractivity contribution in [1.29, 1.82) is 0 Å². The molecule has 0 saturated carbocycles. The van der Waals surface area contributed by atoms with Gasteiger partial charge in [0.2, 0.25) is 5.91 Å². The monoisotopic (exact) mass is 365 g/mol. The van der Waals surface area contributed by atoms with E-state index in [0.29, 0.717) is 0 Å². The van der Waals surface area contributed by atoms with Crippen LogP contribution in [0, 0.1) is 20.8 Å². The smallest absolute Gasteiger partial charge is 0.226 e. The molecule has 3 aromatic rings. The standard InChI is InChI=1S/C22H27N3O2/c1-14-8-9-17(11-16(14)3)20-18(12-19(27)24-22(4,5)13-26)25-10-6-7-15(2)21(25)23-20/h6-11,26H,12-13H2,1-5H3,(H,24,27). The number of nitrogens with zero attached hydrogens (tertiary/aromatic N) is 2. The van der Waals surface area contributed by atoms with E-state index in [1.807, 2.05) is 29.7 Å². The highest BCUT2D eigenvalue weighted by Gasteiger charge is 2.23. The van der Waals surface area contributed by atoms with Crippen LogP contribution in [0.3, 0.4) is 0 Å². The highest BCUT2D eigenvalue weighted by molar-refractivity contribution is 5.82. The number of hydrogen-bond acceptors (Lipinski definition) is 3. The molecule has 0 saturated heterocycles. The third-order valence-corrected chi connectivity index (χ3v) is 4.93. The number of nitrogens with one attached hydrogen (secondary N) is 1. The first-order valence-electron chi connectivity index (χ1n) is 9.18. The summed E-state index contributed by atoms with van der Waals surface area (Å²) in [5, 5.41) is 12.3. The molecule has 2 aromatic heterocycles. The lowest BCUT2D eigenvalue weighted by atomic mass is 10.0. The van der Waals surface area contributed by atoms with Crippen LogP contribution in [-0.4, -0.2) is 32.5 Å². The van der Waals surface area contributed by atoms with Crippen molar-refractivity contribution in [2.75, 3.05) is 6.61 Å². The van der Waals surface area contributed by atoms with E-state index in [-0.39, 0.29) is 18.9 Å². The first kappa shape index (κ1) is 19.1. The average molecular weight is 365 g/mol. The van der Waals surface area contributed by atoms with Crippen LogP contribution in [0.15, 0.2) is 36.5 Å². The molecule has 5 nitrogen and oxygen atoms in total. The summed E-state index contributed by atoms with van der Waals surface area (Å²) < 4.78 is 1.99. The van der Waals surface area contributed by atoms with Crippen molar-refractivity contribution >= 4 is 11.6 Å². The third-order valence-electron chi connectivity index (χ3n) is 4.93. The lowest BCUT2D eigenvalue weighted by Gasteiger charge is -2.23. The predicted octanol–water partition coefficient (Wildman–Crippen LogP) is 3.36. The van der Waals surface area contributed by atoms with Crippen molar-refractivity contribution in [2.45, 2.75) is 46.6 Å². The molecular formula is C22H27N3O2. The molecule has 0 aliphatic rings. The molecule has 3 rings (SSSR count). The number of benzene rings is 1. The van der Waals surface area contributed by atoms with E-state index in [9.17, 15) is 9.90 Å². The molecule has 0 spiro atoms. The second-order valence-corrected chi connectivity index (χ2v) is 7.86. The van der Waals surface area contributed by atoms with Crippen LogP contribution in [0.2, 0.25) is 0 Å². The van der Waals surface area contributed by atoms with Gasteiger partial charge in [-0.05, 0) is 63.4 Å². The summed E-state index contributed by atoms with van der Waals surface area (Å²) in [5.41, 5.74) is 6.35. The highest BCUT2D eigenvalue weighted by atomic mass is 16.3. The van der Waals surface area contributed by atoms with Gasteiger partial charge in [0.1, 0.15) is 5.65 Å². The fraction of sp³-hybridized carbons (Fsp3) is 0.364. The molecule has 5 heteroatoms. The maximum atomic E-state index is 12.7. The summed E-state index contributed by atoms with van der Waals surface area (Å²) in [5.74, 6) is -0.137. The Hall–Kier alpha value is -2.66. The molecular weight excluding hydrogens is 338 g/mol. The van der Waals surface area contributed by atoms with Gasteiger partial charge in [0.25, 0.3) is 0 Å². The van der Waals surface area contributed by atoms with E-state index in [1.165, 1.54) is 11.1 Å². The average Bonchev–Trinajstić information content (AvgIpc) is 2.97. The molecule has 0 aliphatic heterocycles. The minimum Gasteiger partial charge on any atom is -0.394 e. The van der Waals surface area contributed by atoms with Crippen molar-refractivity contribution in [1.82, 2.24) is 14.7 Å². The Morgan fingerprint density at radius 2 is 1.89 bits per heavy atom. The number of aliphatic hydroxyl groups excluding tert-OH is 1. The highest BCUT2D eigenvalue weighted by Crippen LogP contribution is 2.28. The first-order valence-corrected chi connectivity index (χ1v) is 9.18. The molecule has 0 unspecified atom stereocenters. The Morgan fingerprint density at radius 1 is 1.15 bits per heavy atom. The quantitative estimate of drug-likeness (QED) is 0.729. The number of imidazole rings is 1. The molecule has 0 radical (unpaired) electrons. The van der Waals surface area contributed by atoms with Crippen molar-refractivity contribution in [3.8, 4) is 11.3 Å². The maximum absolute atomic E-state index is 12.7. The van der Waals surface area contributed by atoms with Gasteiger partial charge in [-0.1, -0.05) is 18.2 Å².